The van der Waals surface area contributed by atoms with E-state index in [0.717, 1.165) is 17.3 Å². The minimum Gasteiger partial charge on any atom is -0.478 e. The SMILES string of the molecule is Cc1ccc(C(=O)NCc2cnc[nH]2)cc1/C=C/C(=O)O. The van der Waals surface area contributed by atoms with Crippen molar-refractivity contribution in [3.63, 3.8) is 0 Å². The van der Waals surface area contributed by atoms with Crippen LogP contribution in [0.3, 0.4) is 0 Å². The second-order valence-corrected chi connectivity index (χ2v) is 4.50. The van der Waals surface area contributed by atoms with Crippen LogP contribution in [0.25, 0.3) is 6.08 Å². The maximum Gasteiger partial charge on any atom is 0.328 e. The molecule has 1 amide bonds. The van der Waals surface area contributed by atoms with Crippen molar-refractivity contribution in [3.05, 3.63) is 59.2 Å². The fourth-order valence-corrected chi connectivity index (χ4v) is 1.78. The topological polar surface area (TPSA) is 95.1 Å². The molecule has 0 atom stereocenters. The number of rotatable bonds is 5. The largest absolute Gasteiger partial charge is 0.478 e. The molecule has 6 nitrogen and oxygen atoms in total. The average Bonchev–Trinajstić information content (AvgIpc) is 2.97. The Morgan fingerprint density at radius 3 is 2.90 bits per heavy atom. The Bertz CT molecular complexity index is 675. The molecule has 0 spiro atoms. The maximum absolute atomic E-state index is 12.1. The van der Waals surface area contributed by atoms with Crippen molar-refractivity contribution in [1.82, 2.24) is 15.3 Å². The summed E-state index contributed by atoms with van der Waals surface area (Å²) in [6, 6.07) is 5.15. The molecule has 0 bridgehead atoms. The molecule has 0 radical (unpaired) electrons. The summed E-state index contributed by atoms with van der Waals surface area (Å²) in [5.41, 5.74) is 2.89. The molecular weight excluding hydrogens is 270 g/mol. The van der Waals surface area contributed by atoms with Crippen LogP contribution < -0.4 is 5.32 Å². The zero-order valence-electron chi connectivity index (χ0n) is 11.5. The van der Waals surface area contributed by atoms with Crippen molar-refractivity contribution < 1.29 is 14.7 Å². The molecule has 108 valence electrons. The number of hydrogen-bond donors (Lipinski definition) is 3. The van der Waals surface area contributed by atoms with Gasteiger partial charge in [-0.05, 0) is 36.3 Å². The van der Waals surface area contributed by atoms with Crippen LogP contribution in [0.4, 0.5) is 0 Å². The lowest BCUT2D eigenvalue weighted by atomic mass is 10.0. The lowest BCUT2D eigenvalue weighted by Gasteiger charge is -2.06. The first-order valence-corrected chi connectivity index (χ1v) is 6.33. The molecule has 3 N–H and O–H groups in total. The van der Waals surface area contributed by atoms with Crippen LogP contribution in [0.1, 0.15) is 27.2 Å². The van der Waals surface area contributed by atoms with E-state index in [1.807, 2.05) is 6.92 Å². The zero-order chi connectivity index (χ0) is 15.2. The van der Waals surface area contributed by atoms with Crippen molar-refractivity contribution in [2.24, 2.45) is 0 Å². The lowest BCUT2D eigenvalue weighted by Crippen LogP contribution is -2.23. The van der Waals surface area contributed by atoms with E-state index in [4.69, 9.17) is 5.11 Å². The van der Waals surface area contributed by atoms with Gasteiger partial charge in [0.25, 0.3) is 5.91 Å². The third kappa shape index (κ3) is 4.04. The number of H-pyrrole nitrogens is 1. The molecule has 0 aliphatic rings. The van der Waals surface area contributed by atoms with Crippen LogP contribution in [0, 0.1) is 6.92 Å². The summed E-state index contributed by atoms with van der Waals surface area (Å²) in [4.78, 5) is 29.4. The van der Waals surface area contributed by atoms with Crippen LogP contribution >= 0.6 is 0 Å². The molecule has 1 aromatic heterocycles. The van der Waals surface area contributed by atoms with Crippen molar-refractivity contribution in [2.45, 2.75) is 13.5 Å². The van der Waals surface area contributed by atoms with Crippen molar-refractivity contribution in [3.8, 4) is 0 Å². The first kappa shape index (κ1) is 14.5. The highest BCUT2D eigenvalue weighted by Crippen LogP contribution is 2.13. The van der Waals surface area contributed by atoms with Gasteiger partial charge < -0.3 is 15.4 Å². The maximum atomic E-state index is 12.1. The van der Waals surface area contributed by atoms with Crippen molar-refractivity contribution in [2.75, 3.05) is 0 Å². The van der Waals surface area contributed by atoms with Gasteiger partial charge in [0.05, 0.1) is 18.6 Å². The number of benzene rings is 1. The Hall–Kier alpha value is -2.89. The molecular formula is C15H15N3O3. The fraction of sp³-hybridized carbons (Fsp3) is 0.133. The first-order valence-electron chi connectivity index (χ1n) is 6.33. The van der Waals surface area contributed by atoms with Gasteiger partial charge in [-0.2, -0.15) is 0 Å². The number of carboxylic acids is 1. The van der Waals surface area contributed by atoms with Gasteiger partial charge in [0, 0.05) is 17.8 Å². The highest BCUT2D eigenvalue weighted by atomic mass is 16.4. The monoisotopic (exact) mass is 285 g/mol. The number of amides is 1. The van der Waals surface area contributed by atoms with Crippen LogP contribution in [-0.4, -0.2) is 27.0 Å². The third-order valence-corrected chi connectivity index (χ3v) is 2.94. The molecule has 21 heavy (non-hydrogen) atoms. The minimum absolute atomic E-state index is 0.227. The Kier molecular flexibility index (Phi) is 4.50. The molecule has 0 saturated heterocycles. The standard InChI is InChI=1S/C15H15N3O3/c1-10-2-3-12(6-11(10)4-5-14(19)20)15(21)17-8-13-7-16-9-18-13/h2-7,9H,8H2,1H3,(H,16,18)(H,17,21)(H,19,20)/b5-4+. The molecule has 0 aliphatic heterocycles. The number of aliphatic carboxylic acids is 1. The van der Waals surface area contributed by atoms with Gasteiger partial charge in [0.1, 0.15) is 0 Å². The van der Waals surface area contributed by atoms with E-state index in [1.165, 1.54) is 6.08 Å². The molecule has 0 aliphatic carbocycles. The Balaban J connectivity index is 2.10. The number of nitrogens with one attached hydrogen (secondary N) is 2. The van der Waals surface area contributed by atoms with E-state index >= 15 is 0 Å². The Labute approximate surface area is 121 Å². The lowest BCUT2D eigenvalue weighted by molar-refractivity contribution is -0.131. The number of aromatic nitrogens is 2. The summed E-state index contributed by atoms with van der Waals surface area (Å²) in [5.74, 6) is -1.25. The van der Waals surface area contributed by atoms with Crippen LogP contribution in [0.5, 0.6) is 0 Å². The molecule has 2 aromatic rings. The van der Waals surface area contributed by atoms with Gasteiger partial charge in [-0.3, -0.25) is 4.79 Å². The molecule has 0 unspecified atom stereocenters. The minimum atomic E-state index is -1.02. The number of aryl methyl sites for hydroxylation is 1. The number of carboxylic acid groups (broad SMARTS) is 1. The zero-order valence-corrected chi connectivity index (χ0v) is 11.5. The number of imidazole rings is 1. The van der Waals surface area contributed by atoms with Crippen LogP contribution in [0.15, 0.2) is 36.8 Å². The summed E-state index contributed by atoms with van der Waals surface area (Å²) in [6.45, 7) is 2.21. The first-order chi connectivity index (χ1) is 10.1. The Morgan fingerprint density at radius 1 is 1.43 bits per heavy atom. The molecule has 2 rings (SSSR count). The number of aromatic amines is 1. The number of nitrogens with zero attached hydrogens (tertiary/aromatic N) is 1. The van der Waals surface area contributed by atoms with Gasteiger partial charge in [0.15, 0.2) is 0 Å². The number of hydrogen-bond acceptors (Lipinski definition) is 3. The second kappa shape index (κ2) is 6.51. The smallest absolute Gasteiger partial charge is 0.328 e. The summed E-state index contributed by atoms with van der Waals surface area (Å²) in [7, 11) is 0. The summed E-state index contributed by atoms with van der Waals surface area (Å²) in [5, 5.41) is 11.4. The van der Waals surface area contributed by atoms with Gasteiger partial charge in [-0.25, -0.2) is 9.78 Å². The van der Waals surface area contributed by atoms with E-state index in [0.29, 0.717) is 17.7 Å². The highest BCUT2D eigenvalue weighted by molar-refractivity contribution is 5.95. The molecule has 0 fully saturated rings. The van der Waals surface area contributed by atoms with E-state index in [2.05, 4.69) is 15.3 Å². The van der Waals surface area contributed by atoms with Gasteiger partial charge >= 0.3 is 5.97 Å². The summed E-state index contributed by atoms with van der Waals surface area (Å²) < 4.78 is 0. The van der Waals surface area contributed by atoms with Crippen LogP contribution in [0.2, 0.25) is 0 Å². The van der Waals surface area contributed by atoms with E-state index in [9.17, 15) is 9.59 Å². The van der Waals surface area contributed by atoms with Gasteiger partial charge in [0.2, 0.25) is 0 Å². The predicted molar refractivity (Wildman–Crippen MR) is 77.6 cm³/mol. The normalized spacial score (nSPS) is 10.7. The highest BCUT2D eigenvalue weighted by Gasteiger charge is 2.07. The Morgan fingerprint density at radius 2 is 2.24 bits per heavy atom. The molecule has 1 heterocycles. The van der Waals surface area contributed by atoms with Crippen LogP contribution in [-0.2, 0) is 11.3 Å². The fourth-order valence-electron chi connectivity index (χ4n) is 1.78. The van der Waals surface area contributed by atoms with Gasteiger partial charge in [-0.15, -0.1) is 0 Å². The molecule has 0 saturated carbocycles. The second-order valence-electron chi connectivity index (χ2n) is 4.50. The summed E-state index contributed by atoms with van der Waals surface area (Å²) in [6.07, 6.45) is 5.70. The van der Waals surface area contributed by atoms with Crippen molar-refractivity contribution in [1.29, 1.82) is 0 Å². The van der Waals surface area contributed by atoms with Gasteiger partial charge in [-0.1, -0.05) is 6.07 Å². The van der Waals surface area contributed by atoms with Crippen molar-refractivity contribution >= 4 is 18.0 Å². The third-order valence-electron chi connectivity index (χ3n) is 2.94. The molecule has 1 aromatic carbocycles. The number of carbonyl (C=O) groups is 2. The average molecular weight is 285 g/mol. The quantitative estimate of drug-likeness (QED) is 0.729. The van der Waals surface area contributed by atoms with E-state index in [-0.39, 0.29) is 5.91 Å². The predicted octanol–water partition coefficient (Wildman–Crippen LogP) is 1.75. The number of carbonyl (C=O) groups excluding carboxylic acids is 1. The molecule has 6 heteroatoms. The van der Waals surface area contributed by atoms with E-state index in [1.54, 1.807) is 30.7 Å². The summed E-state index contributed by atoms with van der Waals surface area (Å²) >= 11 is 0. The van der Waals surface area contributed by atoms with E-state index < -0.39 is 5.97 Å².